The summed E-state index contributed by atoms with van der Waals surface area (Å²) in [6, 6.07) is 5.32. The number of nitrogens with zero attached hydrogens (tertiary/aromatic N) is 2. The van der Waals surface area contributed by atoms with Crippen molar-refractivity contribution >= 4 is 17.3 Å². The van der Waals surface area contributed by atoms with E-state index < -0.39 is 0 Å². The third-order valence-corrected chi connectivity index (χ3v) is 3.92. The largest absolute Gasteiger partial charge is 0.399 e. The number of aliphatic hydroxyl groups excluding tert-OH is 1. The van der Waals surface area contributed by atoms with Crippen LogP contribution < -0.4 is 10.6 Å². The van der Waals surface area contributed by atoms with Gasteiger partial charge < -0.3 is 20.6 Å². The topological polar surface area (TPSA) is 69.8 Å². The summed E-state index contributed by atoms with van der Waals surface area (Å²) in [5.74, 6) is 0.244. The smallest absolute Gasteiger partial charge is 0.255 e. The number of carbonyl (C=O) groups is 1. The zero-order valence-corrected chi connectivity index (χ0v) is 12.3. The summed E-state index contributed by atoms with van der Waals surface area (Å²) in [5.41, 5.74) is 7.93. The van der Waals surface area contributed by atoms with Crippen LogP contribution in [0.2, 0.25) is 0 Å². The highest BCUT2D eigenvalue weighted by Crippen LogP contribution is 2.29. The number of aliphatic hydroxyl groups is 1. The predicted molar refractivity (Wildman–Crippen MR) is 80.9 cm³/mol. The number of hydrogen-bond donors (Lipinski definition) is 2. The second-order valence-corrected chi connectivity index (χ2v) is 5.76. The molecule has 2 atom stereocenters. The molecule has 3 N–H and O–H groups in total. The van der Waals surface area contributed by atoms with Gasteiger partial charge in [0.15, 0.2) is 0 Å². The minimum Gasteiger partial charge on any atom is -0.399 e. The number of nitrogens with two attached hydrogens (primary N) is 1. The molecular formula is C15H23N3O2. The van der Waals surface area contributed by atoms with Crippen LogP contribution in [0.15, 0.2) is 18.2 Å². The molecule has 0 saturated carbocycles. The van der Waals surface area contributed by atoms with E-state index >= 15 is 0 Å². The zero-order chi connectivity index (χ0) is 14.9. The van der Waals surface area contributed by atoms with Gasteiger partial charge in [-0.3, -0.25) is 4.79 Å². The molecule has 2 unspecified atom stereocenters. The summed E-state index contributed by atoms with van der Waals surface area (Å²) in [7, 11) is 3.46. The summed E-state index contributed by atoms with van der Waals surface area (Å²) in [5, 5.41) is 10.0. The van der Waals surface area contributed by atoms with Gasteiger partial charge in [0.1, 0.15) is 0 Å². The Morgan fingerprint density at radius 3 is 2.75 bits per heavy atom. The number of benzene rings is 1. The monoisotopic (exact) mass is 277 g/mol. The van der Waals surface area contributed by atoms with Crippen LogP contribution in [0, 0.1) is 5.92 Å². The Kier molecular flexibility index (Phi) is 4.18. The predicted octanol–water partition coefficient (Wildman–Crippen LogP) is 1.18. The Balaban J connectivity index is 2.35. The van der Waals surface area contributed by atoms with Crippen molar-refractivity contribution in [1.29, 1.82) is 0 Å². The number of amides is 1. The molecule has 1 saturated heterocycles. The van der Waals surface area contributed by atoms with Gasteiger partial charge >= 0.3 is 0 Å². The summed E-state index contributed by atoms with van der Waals surface area (Å²) in [6.45, 7) is 3.42. The van der Waals surface area contributed by atoms with Gasteiger partial charge in [-0.25, -0.2) is 0 Å². The number of nitrogen functional groups attached to an aromatic ring is 1. The van der Waals surface area contributed by atoms with Crippen LogP contribution in [-0.4, -0.2) is 49.2 Å². The first kappa shape index (κ1) is 14.7. The normalized spacial score (nSPS) is 22.7. The molecular weight excluding hydrogens is 254 g/mol. The van der Waals surface area contributed by atoms with Crippen LogP contribution in [0.1, 0.15) is 23.7 Å². The minimum absolute atomic E-state index is 0.0480. The highest BCUT2D eigenvalue weighted by atomic mass is 16.3. The van der Waals surface area contributed by atoms with Crippen LogP contribution >= 0.6 is 0 Å². The molecule has 0 radical (unpaired) electrons. The van der Waals surface area contributed by atoms with Gasteiger partial charge in [0.2, 0.25) is 0 Å². The van der Waals surface area contributed by atoms with Gasteiger partial charge in [-0.15, -0.1) is 0 Å². The van der Waals surface area contributed by atoms with Crippen LogP contribution in [0.5, 0.6) is 0 Å². The number of β-amino-alcohol motifs (C(OH)–C–C–N with tert-alkyl or cyclic N) is 1. The van der Waals surface area contributed by atoms with E-state index in [2.05, 4.69) is 4.90 Å². The van der Waals surface area contributed by atoms with Crippen LogP contribution in [-0.2, 0) is 0 Å². The fraction of sp³-hybridized carbons (Fsp3) is 0.533. The van der Waals surface area contributed by atoms with Crippen molar-refractivity contribution in [2.45, 2.75) is 19.4 Å². The molecule has 1 aromatic rings. The van der Waals surface area contributed by atoms with Crippen molar-refractivity contribution in [3.63, 3.8) is 0 Å². The standard InChI is InChI=1S/C15H23N3O2/c1-10-6-7-18(9-14(10)19)13-8-11(16)4-5-12(13)15(20)17(2)3/h4-5,8,10,14,19H,6-7,9,16H2,1-3H3. The zero-order valence-electron chi connectivity index (χ0n) is 12.3. The molecule has 20 heavy (non-hydrogen) atoms. The number of rotatable bonds is 2. The maximum atomic E-state index is 12.3. The highest BCUT2D eigenvalue weighted by molar-refractivity contribution is 6.00. The molecule has 0 aliphatic carbocycles. The maximum Gasteiger partial charge on any atom is 0.255 e. The van der Waals surface area contributed by atoms with E-state index in [-0.39, 0.29) is 12.0 Å². The molecule has 5 nitrogen and oxygen atoms in total. The molecule has 1 fully saturated rings. The van der Waals surface area contributed by atoms with E-state index in [4.69, 9.17) is 5.73 Å². The number of hydrogen-bond acceptors (Lipinski definition) is 4. The lowest BCUT2D eigenvalue weighted by Crippen LogP contribution is -2.43. The van der Waals surface area contributed by atoms with E-state index in [0.29, 0.717) is 23.7 Å². The molecule has 0 spiro atoms. The van der Waals surface area contributed by atoms with E-state index in [1.54, 1.807) is 31.1 Å². The Hall–Kier alpha value is -1.75. The van der Waals surface area contributed by atoms with Crippen LogP contribution in [0.3, 0.4) is 0 Å². The van der Waals surface area contributed by atoms with Gasteiger partial charge in [-0.2, -0.15) is 0 Å². The van der Waals surface area contributed by atoms with Gasteiger partial charge in [0.05, 0.1) is 17.4 Å². The second-order valence-electron chi connectivity index (χ2n) is 5.76. The minimum atomic E-state index is -0.368. The molecule has 0 bridgehead atoms. The summed E-state index contributed by atoms with van der Waals surface area (Å²) in [6.07, 6.45) is 0.540. The first-order chi connectivity index (χ1) is 9.40. The fourth-order valence-corrected chi connectivity index (χ4v) is 2.50. The van der Waals surface area contributed by atoms with Crippen molar-refractivity contribution in [2.24, 2.45) is 5.92 Å². The van der Waals surface area contributed by atoms with Crippen molar-refractivity contribution in [1.82, 2.24) is 4.90 Å². The van der Waals surface area contributed by atoms with Gasteiger partial charge in [0, 0.05) is 32.9 Å². The van der Waals surface area contributed by atoms with Gasteiger partial charge in [-0.1, -0.05) is 6.92 Å². The van der Waals surface area contributed by atoms with E-state index in [0.717, 1.165) is 18.7 Å². The lowest BCUT2D eigenvalue weighted by molar-refractivity contribution is 0.0825. The highest BCUT2D eigenvalue weighted by Gasteiger charge is 2.27. The van der Waals surface area contributed by atoms with Crippen molar-refractivity contribution in [3.05, 3.63) is 23.8 Å². The molecule has 1 heterocycles. The van der Waals surface area contributed by atoms with Crippen LogP contribution in [0.25, 0.3) is 0 Å². The maximum absolute atomic E-state index is 12.3. The molecule has 5 heteroatoms. The molecule has 2 rings (SSSR count). The molecule has 1 amide bonds. The Morgan fingerprint density at radius 1 is 1.45 bits per heavy atom. The van der Waals surface area contributed by atoms with E-state index in [1.165, 1.54) is 0 Å². The quantitative estimate of drug-likeness (QED) is 0.796. The lowest BCUT2D eigenvalue weighted by Gasteiger charge is -2.37. The average molecular weight is 277 g/mol. The van der Waals surface area contributed by atoms with Crippen molar-refractivity contribution in [2.75, 3.05) is 37.8 Å². The first-order valence-corrected chi connectivity index (χ1v) is 6.94. The molecule has 1 aliphatic heterocycles. The first-order valence-electron chi connectivity index (χ1n) is 6.94. The lowest BCUT2D eigenvalue weighted by atomic mass is 9.95. The number of carbonyl (C=O) groups excluding carboxylic acids is 1. The molecule has 1 aromatic carbocycles. The van der Waals surface area contributed by atoms with Crippen molar-refractivity contribution < 1.29 is 9.90 Å². The van der Waals surface area contributed by atoms with Crippen molar-refractivity contribution in [3.8, 4) is 0 Å². The number of piperidine rings is 1. The summed E-state index contributed by atoms with van der Waals surface area (Å²) >= 11 is 0. The summed E-state index contributed by atoms with van der Waals surface area (Å²) in [4.78, 5) is 15.9. The second kappa shape index (κ2) is 5.71. The van der Waals surface area contributed by atoms with E-state index in [1.807, 2.05) is 13.0 Å². The van der Waals surface area contributed by atoms with E-state index in [9.17, 15) is 9.90 Å². The summed E-state index contributed by atoms with van der Waals surface area (Å²) < 4.78 is 0. The van der Waals surface area contributed by atoms with Crippen LogP contribution in [0.4, 0.5) is 11.4 Å². The SMILES string of the molecule is CC1CCN(c2cc(N)ccc2C(=O)N(C)C)CC1O. The third-order valence-electron chi connectivity index (χ3n) is 3.92. The van der Waals surface area contributed by atoms with Gasteiger partial charge in [0.25, 0.3) is 5.91 Å². The molecule has 0 aromatic heterocycles. The fourth-order valence-electron chi connectivity index (χ4n) is 2.50. The average Bonchev–Trinajstić information content (AvgIpc) is 2.41. The Labute approximate surface area is 120 Å². The van der Waals surface area contributed by atoms with Gasteiger partial charge in [-0.05, 0) is 30.5 Å². The third kappa shape index (κ3) is 2.88. The Morgan fingerprint density at radius 2 is 2.15 bits per heavy atom. The molecule has 110 valence electrons. The molecule has 1 aliphatic rings. The Bertz CT molecular complexity index is 502. The number of anilines is 2.